The number of benzene rings is 3. The van der Waals surface area contributed by atoms with E-state index in [2.05, 4.69) is 46.9 Å². The summed E-state index contributed by atoms with van der Waals surface area (Å²) in [5, 5.41) is 0. The number of hydrogen-bond acceptors (Lipinski definition) is 2. The lowest BCUT2D eigenvalue weighted by Gasteiger charge is -2.15. The lowest BCUT2D eigenvalue weighted by atomic mass is 9.91. The first-order valence-electron chi connectivity index (χ1n) is 9.47. The van der Waals surface area contributed by atoms with Crippen LogP contribution in [0.25, 0.3) is 0 Å². The van der Waals surface area contributed by atoms with Gasteiger partial charge >= 0.3 is 16.5 Å². The summed E-state index contributed by atoms with van der Waals surface area (Å²) >= 11 is 0. The fourth-order valence-corrected chi connectivity index (χ4v) is 3.48. The van der Waals surface area contributed by atoms with Crippen molar-refractivity contribution in [2.75, 3.05) is 0 Å². The molecule has 0 atom stereocenters. The van der Waals surface area contributed by atoms with Gasteiger partial charge in [-0.3, -0.25) is 0 Å². The smallest absolute Gasteiger partial charge is 0.345 e. The Kier molecular flexibility index (Phi) is 7.39. The van der Waals surface area contributed by atoms with Gasteiger partial charge in [-0.15, -0.1) is 0 Å². The van der Waals surface area contributed by atoms with Crippen LogP contribution in [0.3, 0.4) is 0 Å². The molecule has 0 fully saturated rings. The molecule has 0 N–H and O–H groups in total. The van der Waals surface area contributed by atoms with Crippen LogP contribution in [0.15, 0.2) is 102 Å². The lowest BCUT2D eigenvalue weighted by molar-refractivity contribution is -0.130. The van der Waals surface area contributed by atoms with Gasteiger partial charge in [-0.2, -0.15) is 0 Å². The van der Waals surface area contributed by atoms with Crippen LogP contribution in [0.1, 0.15) is 23.1 Å². The Hall–Kier alpha value is -2.91. The first-order valence-corrected chi connectivity index (χ1v) is 9.87. The average molecular weight is 384 g/mol. The summed E-state index contributed by atoms with van der Waals surface area (Å²) in [5.74, 6) is -0.311. The summed E-state index contributed by atoms with van der Waals surface area (Å²) < 4.78 is 4.97. The van der Waals surface area contributed by atoms with Gasteiger partial charge in [0, 0.05) is 5.57 Å². The van der Waals surface area contributed by atoms with Crippen molar-refractivity contribution in [3.8, 4) is 0 Å². The van der Waals surface area contributed by atoms with E-state index in [-0.39, 0.29) is 5.97 Å². The topological polar surface area (TPSA) is 26.3 Å². The quantitative estimate of drug-likeness (QED) is 0.403. The maximum Gasteiger partial charge on any atom is 0.345 e. The van der Waals surface area contributed by atoms with Gasteiger partial charge in [-0.25, -0.2) is 4.79 Å². The zero-order valence-corrected chi connectivity index (χ0v) is 16.8. The van der Waals surface area contributed by atoms with Crippen molar-refractivity contribution in [2.24, 2.45) is 0 Å². The minimum atomic E-state index is -0.311. The van der Waals surface area contributed by atoms with Gasteiger partial charge in [-0.1, -0.05) is 96.6 Å². The Labute approximate surface area is 170 Å². The van der Waals surface area contributed by atoms with Crippen molar-refractivity contribution in [3.63, 3.8) is 0 Å². The van der Waals surface area contributed by atoms with E-state index in [0.717, 1.165) is 30.4 Å². The molecular formula is C25H23O2Si. The predicted octanol–water partition coefficient (Wildman–Crippen LogP) is 5.03. The van der Waals surface area contributed by atoms with Gasteiger partial charge in [0.1, 0.15) is 0 Å². The molecular weight excluding hydrogens is 360 g/mol. The second kappa shape index (κ2) is 10.4. The third-order valence-electron chi connectivity index (χ3n) is 4.79. The summed E-state index contributed by atoms with van der Waals surface area (Å²) in [6, 6.07) is 30.7. The SMILES string of the molecule is O=C(O[Si])C(CCc1ccccc1)=C(Cc1ccccc1)Cc1ccccc1. The van der Waals surface area contributed by atoms with Gasteiger partial charge in [0.05, 0.1) is 0 Å². The molecule has 0 saturated carbocycles. The molecule has 3 aromatic rings. The third-order valence-corrected chi connectivity index (χ3v) is 4.98. The molecule has 0 aliphatic carbocycles. The van der Waals surface area contributed by atoms with Crippen LogP contribution in [0.4, 0.5) is 0 Å². The van der Waals surface area contributed by atoms with Crippen LogP contribution >= 0.6 is 0 Å². The number of hydrogen-bond donors (Lipinski definition) is 0. The highest BCUT2D eigenvalue weighted by molar-refractivity contribution is 6.09. The van der Waals surface area contributed by atoms with Crippen molar-refractivity contribution in [1.82, 2.24) is 0 Å². The van der Waals surface area contributed by atoms with Crippen LogP contribution in [-0.4, -0.2) is 16.5 Å². The normalized spacial score (nSPS) is 10.3. The minimum Gasteiger partial charge on any atom is -0.513 e. The van der Waals surface area contributed by atoms with E-state index in [1.165, 1.54) is 16.7 Å². The van der Waals surface area contributed by atoms with Crippen molar-refractivity contribution in [3.05, 3.63) is 119 Å². The standard InChI is InChI=1S/C25H23O2Si/c26-25(27-28)24(17-16-20-10-4-1-5-11-20)23(18-21-12-6-2-7-13-21)19-22-14-8-3-9-15-22/h1-15H,16-19H2. The van der Waals surface area contributed by atoms with Crippen molar-refractivity contribution < 1.29 is 9.22 Å². The Morgan fingerprint density at radius 2 is 1.11 bits per heavy atom. The first kappa shape index (κ1) is 19.8. The van der Waals surface area contributed by atoms with Gasteiger partial charge in [-0.05, 0) is 42.4 Å². The Morgan fingerprint density at radius 3 is 1.54 bits per heavy atom. The molecule has 0 saturated heterocycles. The van der Waals surface area contributed by atoms with E-state index in [1.54, 1.807) is 0 Å². The molecule has 0 bridgehead atoms. The molecule has 0 unspecified atom stereocenters. The zero-order valence-electron chi connectivity index (χ0n) is 15.8. The van der Waals surface area contributed by atoms with E-state index in [4.69, 9.17) is 4.43 Å². The molecule has 3 heteroatoms. The highest BCUT2D eigenvalue weighted by Crippen LogP contribution is 2.22. The zero-order chi connectivity index (χ0) is 19.6. The minimum absolute atomic E-state index is 0.311. The highest BCUT2D eigenvalue weighted by Gasteiger charge is 2.17. The van der Waals surface area contributed by atoms with Crippen LogP contribution in [0.5, 0.6) is 0 Å². The molecule has 0 amide bonds. The second-order valence-electron chi connectivity index (χ2n) is 6.78. The molecule has 28 heavy (non-hydrogen) atoms. The van der Waals surface area contributed by atoms with Crippen molar-refractivity contribution >= 4 is 16.5 Å². The number of allylic oxidation sites excluding steroid dienone is 1. The number of aryl methyl sites for hydroxylation is 1. The molecule has 0 aliphatic heterocycles. The van der Waals surface area contributed by atoms with Gasteiger partial charge in [0.2, 0.25) is 0 Å². The van der Waals surface area contributed by atoms with Gasteiger partial charge in [0.15, 0.2) is 0 Å². The number of rotatable bonds is 8. The monoisotopic (exact) mass is 383 g/mol. The molecule has 3 aromatic carbocycles. The molecule has 0 heterocycles. The predicted molar refractivity (Wildman–Crippen MR) is 114 cm³/mol. The maximum atomic E-state index is 12.6. The lowest BCUT2D eigenvalue weighted by Crippen LogP contribution is -2.13. The largest absolute Gasteiger partial charge is 0.513 e. The van der Waals surface area contributed by atoms with Crippen LogP contribution in [0, 0.1) is 0 Å². The number of carbonyl (C=O) groups excluding carboxylic acids is 1. The van der Waals surface area contributed by atoms with E-state index in [0.29, 0.717) is 6.42 Å². The fraction of sp³-hybridized carbons (Fsp3) is 0.160. The highest BCUT2D eigenvalue weighted by atomic mass is 28.2. The molecule has 0 aromatic heterocycles. The van der Waals surface area contributed by atoms with E-state index in [9.17, 15) is 4.79 Å². The van der Waals surface area contributed by atoms with Gasteiger partial charge in [0.25, 0.3) is 0 Å². The average Bonchev–Trinajstić information content (AvgIpc) is 2.75. The van der Waals surface area contributed by atoms with Crippen LogP contribution in [0.2, 0.25) is 0 Å². The number of carbonyl (C=O) groups is 1. The molecule has 0 aliphatic rings. The third kappa shape index (κ3) is 5.79. The summed E-state index contributed by atoms with van der Waals surface area (Å²) in [7, 11) is 2.95. The van der Waals surface area contributed by atoms with Crippen LogP contribution < -0.4 is 0 Å². The summed E-state index contributed by atoms with van der Waals surface area (Å²) in [6.45, 7) is 0. The van der Waals surface area contributed by atoms with Crippen LogP contribution in [-0.2, 0) is 28.5 Å². The Balaban J connectivity index is 1.93. The maximum absolute atomic E-state index is 12.6. The van der Waals surface area contributed by atoms with E-state index >= 15 is 0 Å². The van der Waals surface area contributed by atoms with Gasteiger partial charge < -0.3 is 4.43 Å². The molecule has 2 nitrogen and oxygen atoms in total. The molecule has 139 valence electrons. The molecule has 3 rings (SSSR count). The van der Waals surface area contributed by atoms with E-state index in [1.807, 2.05) is 54.6 Å². The van der Waals surface area contributed by atoms with E-state index < -0.39 is 0 Å². The van der Waals surface area contributed by atoms with Crippen molar-refractivity contribution in [1.29, 1.82) is 0 Å². The summed E-state index contributed by atoms with van der Waals surface area (Å²) in [5.41, 5.74) is 5.42. The van der Waals surface area contributed by atoms with Crippen molar-refractivity contribution in [2.45, 2.75) is 25.7 Å². The molecule has 0 spiro atoms. The Morgan fingerprint density at radius 1 is 0.679 bits per heavy atom. The second-order valence-corrected chi connectivity index (χ2v) is 6.99. The fourth-order valence-electron chi connectivity index (χ4n) is 3.36. The summed E-state index contributed by atoms with van der Waals surface area (Å²) in [4.78, 5) is 12.6. The molecule has 3 radical (unpaired) electrons. The Bertz CT molecular complexity index is 860. The summed E-state index contributed by atoms with van der Waals surface area (Å²) in [6.07, 6.45) is 2.88. The first-order chi connectivity index (χ1) is 13.8.